The van der Waals surface area contributed by atoms with Gasteiger partial charge in [0.15, 0.2) is 0 Å². The topological polar surface area (TPSA) is 35.8 Å². The highest BCUT2D eigenvalue weighted by Crippen LogP contribution is 2.24. The van der Waals surface area contributed by atoms with Crippen molar-refractivity contribution >= 4 is 34.3 Å². The zero-order valence-corrected chi connectivity index (χ0v) is 9.27. The number of hydrogen-bond donors (Lipinski definition) is 1. The molecule has 0 aliphatic rings. The Labute approximate surface area is 96.7 Å². The Balaban J connectivity index is 2.33. The fraction of sp³-hybridized carbons (Fsp3) is 0. The molecule has 1 aromatic heterocycles. The van der Waals surface area contributed by atoms with E-state index in [1.54, 1.807) is 29.5 Å². The van der Waals surface area contributed by atoms with Gasteiger partial charge >= 0.3 is 0 Å². The third-order valence-corrected chi connectivity index (χ3v) is 2.82. The second-order valence-corrected chi connectivity index (χ2v) is 4.16. The van der Waals surface area contributed by atoms with Gasteiger partial charge in [0.2, 0.25) is 0 Å². The van der Waals surface area contributed by atoms with E-state index < -0.39 is 0 Å². The number of thiophene rings is 1. The van der Waals surface area contributed by atoms with Gasteiger partial charge in [-0.3, -0.25) is 0 Å². The van der Waals surface area contributed by atoms with E-state index in [1.165, 1.54) is 0 Å². The van der Waals surface area contributed by atoms with E-state index in [9.17, 15) is 0 Å². The molecular formula is C11H7ClN2S. The molecule has 0 atom stereocenters. The summed E-state index contributed by atoms with van der Waals surface area (Å²) >= 11 is 7.40. The van der Waals surface area contributed by atoms with Gasteiger partial charge in [0.05, 0.1) is 11.3 Å². The van der Waals surface area contributed by atoms with Crippen molar-refractivity contribution in [2.24, 2.45) is 0 Å². The SMILES string of the molecule is N#Cc1cc(Cl)ccc1Nc1ccsc1. The number of nitrogens with one attached hydrogen (secondary N) is 1. The third kappa shape index (κ3) is 2.30. The molecule has 0 fully saturated rings. The van der Waals surface area contributed by atoms with E-state index >= 15 is 0 Å². The van der Waals surface area contributed by atoms with E-state index in [2.05, 4.69) is 11.4 Å². The van der Waals surface area contributed by atoms with Crippen molar-refractivity contribution < 1.29 is 0 Å². The summed E-state index contributed by atoms with van der Waals surface area (Å²) in [6, 6.07) is 9.28. The molecule has 1 aromatic carbocycles. The van der Waals surface area contributed by atoms with Crippen LogP contribution in [0.3, 0.4) is 0 Å². The largest absolute Gasteiger partial charge is 0.354 e. The summed E-state index contributed by atoms with van der Waals surface area (Å²) in [5.41, 5.74) is 2.31. The highest BCUT2D eigenvalue weighted by molar-refractivity contribution is 7.08. The number of halogens is 1. The van der Waals surface area contributed by atoms with Gasteiger partial charge < -0.3 is 5.32 Å². The molecule has 1 N–H and O–H groups in total. The molecule has 0 aliphatic heterocycles. The van der Waals surface area contributed by atoms with E-state index in [1.807, 2.05) is 16.8 Å². The molecule has 2 nitrogen and oxygen atoms in total. The first-order chi connectivity index (χ1) is 7.29. The first-order valence-electron chi connectivity index (χ1n) is 4.28. The normalized spacial score (nSPS) is 9.60. The van der Waals surface area contributed by atoms with Crippen LogP contribution in [-0.2, 0) is 0 Å². The van der Waals surface area contributed by atoms with Gasteiger partial charge in [0, 0.05) is 16.1 Å². The predicted molar refractivity (Wildman–Crippen MR) is 63.8 cm³/mol. The smallest absolute Gasteiger partial charge is 0.101 e. The zero-order chi connectivity index (χ0) is 10.7. The van der Waals surface area contributed by atoms with Gasteiger partial charge in [-0.25, -0.2) is 0 Å². The van der Waals surface area contributed by atoms with Gasteiger partial charge in [0.1, 0.15) is 6.07 Å². The first kappa shape index (κ1) is 10.0. The van der Waals surface area contributed by atoms with E-state index in [4.69, 9.17) is 16.9 Å². The molecule has 15 heavy (non-hydrogen) atoms. The van der Waals surface area contributed by atoms with Crippen molar-refractivity contribution in [2.75, 3.05) is 5.32 Å². The van der Waals surface area contributed by atoms with Crippen molar-refractivity contribution in [1.82, 2.24) is 0 Å². The van der Waals surface area contributed by atoms with Crippen LogP contribution < -0.4 is 5.32 Å². The molecule has 2 rings (SSSR count). The van der Waals surface area contributed by atoms with Crippen LogP contribution in [0.5, 0.6) is 0 Å². The van der Waals surface area contributed by atoms with Crippen LogP contribution in [0.15, 0.2) is 35.0 Å². The molecule has 1 heterocycles. The fourth-order valence-electron chi connectivity index (χ4n) is 1.21. The van der Waals surface area contributed by atoms with Gasteiger partial charge in [0.25, 0.3) is 0 Å². The van der Waals surface area contributed by atoms with Gasteiger partial charge in [-0.2, -0.15) is 16.6 Å². The van der Waals surface area contributed by atoms with Crippen LogP contribution >= 0.6 is 22.9 Å². The van der Waals surface area contributed by atoms with Crippen LogP contribution in [0.4, 0.5) is 11.4 Å². The molecular weight excluding hydrogens is 228 g/mol. The van der Waals surface area contributed by atoms with Crippen LogP contribution in [-0.4, -0.2) is 0 Å². The lowest BCUT2D eigenvalue weighted by atomic mass is 10.2. The van der Waals surface area contributed by atoms with Crippen LogP contribution in [0, 0.1) is 11.3 Å². The average Bonchev–Trinajstić information content (AvgIpc) is 2.73. The minimum absolute atomic E-state index is 0.550. The first-order valence-corrected chi connectivity index (χ1v) is 5.60. The predicted octanol–water partition coefficient (Wildman–Crippen LogP) is 4.02. The minimum Gasteiger partial charge on any atom is -0.354 e. The van der Waals surface area contributed by atoms with Crippen LogP contribution in [0.2, 0.25) is 5.02 Å². The Morgan fingerprint density at radius 3 is 2.87 bits per heavy atom. The number of nitrogens with zero attached hydrogens (tertiary/aromatic N) is 1. The Hall–Kier alpha value is -1.50. The Morgan fingerprint density at radius 2 is 2.20 bits per heavy atom. The van der Waals surface area contributed by atoms with Crippen molar-refractivity contribution in [3.8, 4) is 6.07 Å². The standard InChI is InChI=1S/C11H7ClN2S/c12-9-1-2-11(8(5-9)6-13)14-10-3-4-15-7-10/h1-5,7,14H. The van der Waals surface area contributed by atoms with E-state index in [0.717, 1.165) is 11.4 Å². The molecule has 0 unspecified atom stereocenters. The lowest BCUT2D eigenvalue weighted by Crippen LogP contribution is -1.91. The maximum atomic E-state index is 8.93. The number of nitriles is 1. The summed E-state index contributed by atoms with van der Waals surface area (Å²) in [4.78, 5) is 0. The quantitative estimate of drug-likeness (QED) is 0.852. The van der Waals surface area contributed by atoms with Crippen LogP contribution in [0.1, 0.15) is 5.56 Å². The molecule has 0 saturated heterocycles. The molecule has 0 amide bonds. The maximum absolute atomic E-state index is 8.93. The summed E-state index contributed by atoms with van der Waals surface area (Å²) in [6.45, 7) is 0. The molecule has 0 spiro atoms. The summed E-state index contributed by atoms with van der Waals surface area (Å²) in [7, 11) is 0. The Morgan fingerprint density at radius 1 is 1.33 bits per heavy atom. The summed E-state index contributed by atoms with van der Waals surface area (Å²) < 4.78 is 0. The third-order valence-electron chi connectivity index (χ3n) is 1.90. The van der Waals surface area contributed by atoms with Crippen molar-refractivity contribution in [2.45, 2.75) is 0 Å². The van der Waals surface area contributed by atoms with Gasteiger partial charge in [-0.15, -0.1) is 0 Å². The molecule has 74 valence electrons. The average molecular weight is 235 g/mol. The second kappa shape index (κ2) is 4.35. The highest BCUT2D eigenvalue weighted by Gasteiger charge is 2.03. The fourth-order valence-corrected chi connectivity index (χ4v) is 1.97. The van der Waals surface area contributed by atoms with Crippen molar-refractivity contribution in [1.29, 1.82) is 5.26 Å². The Kier molecular flexibility index (Phi) is 2.91. The van der Waals surface area contributed by atoms with Gasteiger partial charge in [-0.1, -0.05) is 11.6 Å². The van der Waals surface area contributed by atoms with Crippen molar-refractivity contribution in [3.63, 3.8) is 0 Å². The lowest BCUT2D eigenvalue weighted by molar-refractivity contribution is 1.47. The molecule has 0 bridgehead atoms. The van der Waals surface area contributed by atoms with Gasteiger partial charge in [-0.05, 0) is 29.6 Å². The van der Waals surface area contributed by atoms with E-state index in [-0.39, 0.29) is 0 Å². The summed E-state index contributed by atoms with van der Waals surface area (Å²) in [5, 5.41) is 16.6. The highest BCUT2D eigenvalue weighted by atomic mass is 35.5. The summed E-state index contributed by atoms with van der Waals surface area (Å²) in [6.07, 6.45) is 0. The molecule has 2 aromatic rings. The summed E-state index contributed by atoms with van der Waals surface area (Å²) in [5.74, 6) is 0. The second-order valence-electron chi connectivity index (χ2n) is 2.94. The molecule has 0 aliphatic carbocycles. The zero-order valence-electron chi connectivity index (χ0n) is 7.70. The molecule has 0 saturated carbocycles. The number of anilines is 2. The van der Waals surface area contributed by atoms with Crippen LogP contribution in [0.25, 0.3) is 0 Å². The van der Waals surface area contributed by atoms with E-state index in [0.29, 0.717) is 10.6 Å². The van der Waals surface area contributed by atoms with Crippen molar-refractivity contribution in [3.05, 3.63) is 45.6 Å². The number of hydrogen-bond acceptors (Lipinski definition) is 3. The number of rotatable bonds is 2. The monoisotopic (exact) mass is 234 g/mol. The molecule has 4 heteroatoms. The number of benzene rings is 1. The molecule has 0 radical (unpaired) electrons. The Bertz CT molecular complexity index is 500. The maximum Gasteiger partial charge on any atom is 0.101 e. The lowest BCUT2D eigenvalue weighted by Gasteiger charge is -2.05. The minimum atomic E-state index is 0.550.